The average molecular weight is 164 g/mol. The molecule has 0 fully saturated rings. The highest BCUT2D eigenvalue weighted by Crippen LogP contribution is 1.78. The van der Waals surface area contributed by atoms with Gasteiger partial charge in [0, 0.05) is 0 Å². The van der Waals surface area contributed by atoms with E-state index in [2.05, 4.69) is 9.98 Å². The van der Waals surface area contributed by atoms with E-state index < -0.39 is 0 Å². The molecule has 0 aromatic rings. The molecule has 0 saturated heterocycles. The van der Waals surface area contributed by atoms with Crippen LogP contribution in [0.1, 0.15) is 0 Å². The molecule has 0 heterocycles. The number of nitrogens with zero attached hydrogens (tertiary/aromatic N) is 2. The van der Waals surface area contributed by atoms with Crippen LogP contribution < -0.4 is 0 Å². The van der Waals surface area contributed by atoms with Crippen LogP contribution in [0.4, 0.5) is 0 Å². The first-order valence-corrected chi connectivity index (χ1v) is 3.30. The van der Waals surface area contributed by atoms with Gasteiger partial charge in [0.05, 0.1) is 13.1 Å². The monoisotopic (exact) mass is 164 g/mol. The minimum absolute atomic E-state index is 0.324. The molecule has 0 aromatic heterocycles. The Kier molecular flexibility index (Phi) is 7.88. The highest BCUT2D eigenvalue weighted by atomic mass is 16.1. The Morgan fingerprint density at radius 3 is 1.67 bits per heavy atom. The van der Waals surface area contributed by atoms with Gasteiger partial charge in [-0.25, -0.2) is 19.6 Å². The summed E-state index contributed by atoms with van der Waals surface area (Å²) >= 11 is 0. The van der Waals surface area contributed by atoms with Crippen LogP contribution in [0.3, 0.4) is 0 Å². The third-order valence-electron chi connectivity index (χ3n) is 0.906. The Morgan fingerprint density at radius 1 is 0.917 bits per heavy atom. The van der Waals surface area contributed by atoms with Crippen LogP contribution in [0.5, 0.6) is 0 Å². The van der Waals surface area contributed by atoms with Crippen LogP contribution in [0.2, 0.25) is 0 Å². The van der Waals surface area contributed by atoms with Gasteiger partial charge in [-0.1, -0.05) is 24.3 Å². The summed E-state index contributed by atoms with van der Waals surface area (Å²) < 4.78 is 0. The predicted molar refractivity (Wildman–Crippen MR) is 44.3 cm³/mol. The highest BCUT2D eigenvalue weighted by molar-refractivity contribution is 5.33. The second-order valence-electron chi connectivity index (χ2n) is 1.72. The quantitative estimate of drug-likeness (QED) is 0.342. The molecule has 0 radical (unpaired) electrons. The van der Waals surface area contributed by atoms with E-state index in [4.69, 9.17) is 0 Å². The molecular formula is C8H8N2O2. The molecule has 4 heteroatoms. The van der Waals surface area contributed by atoms with Crippen molar-refractivity contribution < 1.29 is 9.59 Å². The molecule has 0 aliphatic carbocycles. The maximum Gasteiger partial charge on any atom is 0.235 e. The Balaban J connectivity index is 3.51. The molecular weight excluding hydrogens is 156 g/mol. The minimum atomic E-state index is 0.324. The molecule has 0 aliphatic heterocycles. The Morgan fingerprint density at radius 2 is 1.33 bits per heavy atom. The standard InChI is InChI=1S/C8H8N2O2/c11-7-9-5-3-1-2-4-6-10-8-12/h1-4H,5-6H2/b3-1+,4-2+. The summed E-state index contributed by atoms with van der Waals surface area (Å²) in [5.74, 6) is 0. The first-order chi connectivity index (χ1) is 5.91. The van der Waals surface area contributed by atoms with E-state index in [1.807, 2.05) is 0 Å². The molecule has 0 atom stereocenters. The topological polar surface area (TPSA) is 58.9 Å². The minimum Gasteiger partial charge on any atom is -0.211 e. The number of allylic oxidation sites excluding steroid dienone is 2. The van der Waals surface area contributed by atoms with Gasteiger partial charge in [0.15, 0.2) is 0 Å². The third-order valence-corrected chi connectivity index (χ3v) is 0.906. The molecule has 4 nitrogen and oxygen atoms in total. The van der Waals surface area contributed by atoms with Crippen LogP contribution in [0, 0.1) is 0 Å². The molecule has 0 bridgehead atoms. The lowest BCUT2D eigenvalue weighted by atomic mass is 10.4. The van der Waals surface area contributed by atoms with Crippen molar-refractivity contribution in [1.29, 1.82) is 0 Å². The van der Waals surface area contributed by atoms with Crippen molar-refractivity contribution in [2.45, 2.75) is 0 Å². The van der Waals surface area contributed by atoms with E-state index in [0.29, 0.717) is 13.1 Å². The molecule has 0 unspecified atom stereocenters. The maximum atomic E-state index is 9.58. The zero-order valence-electron chi connectivity index (χ0n) is 6.43. The predicted octanol–water partition coefficient (Wildman–Crippen LogP) is 0.770. The molecule has 12 heavy (non-hydrogen) atoms. The van der Waals surface area contributed by atoms with E-state index in [-0.39, 0.29) is 0 Å². The lowest BCUT2D eigenvalue weighted by Gasteiger charge is -1.76. The van der Waals surface area contributed by atoms with Crippen molar-refractivity contribution >= 4 is 12.2 Å². The van der Waals surface area contributed by atoms with Gasteiger partial charge < -0.3 is 0 Å². The molecule has 0 spiro atoms. The fourth-order valence-electron chi connectivity index (χ4n) is 0.459. The normalized spacial score (nSPS) is 9.67. The summed E-state index contributed by atoms with van der Waals surface area (Å²) in [7, 11) is 0. The van der Waals surface area contributed by atoms with E-state index in [1.54, 1.807) is 24.3 Å². The second-order valence-corrected chi connectivity index (χ2v) is 1.72. The number of hydrogen-bond acceptors (Lipinski definition) is 4. The van der Waals surface area contributed by atoms with E-state index in [9.17, 15) is 9.59 Å². The smallest absolute Gasteiger partial charge is 0.211 e. The van der Waals surface area contributed by atoms with Gasteiger partial charge in [0.1, 0.15) is 0 Å². The van der Waals surface area contributed by atoms with Crippen LogP contribution in [-0.2, 0) is 9.59 Å². The fraction of sp³-hybridized carbons (Fsp3) is 0.250. The highest BCUT2D eigenvalue weighted by Gasteiger charge is 1.69. The number of aliphatic imine (C=N–C) groups is 2. The third kappa shape index (κ3) is 8.24. The van der Waals surface area contributed by atoms with E-state index in [1.165, 1.54) is 12.2 Å². The van der Waals surface area contributed by atoms with E-state index in [0.717, 1.165) is 0 Å². The van der Waals surface area contributed by atoms with Gasteiger partial charge in [-0.2, -0.15) is 0 Å². The summed E-state index contributed by atoms with van der Waals surface area (Å²) in [5.41, 5.74) is 0. The number of isocyanates is 2. The van der Waals surface area contributed by atoms with Gasteiger partial charge in [0.25, 0.3) is 0 Å². The number of carbonyl (C=O) groups excluding carboxylic acids is 2. The van der Waals surface area contributed by atoms with Crippen molar-refractivity contribution in [3.63, 3.8) is 0 Å². The largest absolute Gasteiger partial charge is 0.235 e. The van der Waals surface area contributed by atoms with Crippen molar-refractivity contribution in [2.24, 2.45) is 9.98 Å². The van der Waals surface area contributed by atoms with Gasteiger partial charge in [-0.3, -0.25) is 0 Å². The van der Waals surface area contributed by atoms with Crippen molar-refractivity contribution in [3.05, 3.63) is 24.3 Å². The van der Waals surface area contributed by atoms with Gasteiger partial charge >= 0.3 is 0 Å². The molecule has 0 rings (SSSR count). The molecule has 62 valence electrons. The Labute approximate surface area is 70.0 Å². The van der Waals surface area contributed by atoms with Crippen molar-refractivity contribution in [2.75, 3.05) is 13.1 Å². The number of rotatable bonds is 5. The first-order valence-electron chi connectivity index (χ1n) is 3.30. The fourth-order valence-corrected chi connectivity index (χ4v) is 0.459. The number of hydrogen-bond donors (Lipinski definition) is 0. The summed E-state index contributed by atoms with van der Waals surface area (Å²) in [5, 5.41) is 0. The Bertz CT molecular complexity index is 228. The molecule has 0 aromatic carbocycles. The van der Waals surface area contributed by atoms with E-state index >= 15 is 0 Å². The van der Waals surface area contributed by atoms with Crippen LogP contribution in [0.25, 0.3) is 0 Å². The summed E-state index contributed by atoms with van der Waals surface area (Å²) in [6.45, 7) is 0.648. The van der Waals surface area contributed by atoms with Crippen molar-refractivity contribution in [3.8, 4) is 0 Å². The SMILES string of the molecule is O=C=NC/C=C/C=C/CN=C=O. The maximum absolute atomic E-state index is 9.58. The van der Waals surface area contributed by atoms with Gasteiger partial charge in [-0.05, 0) is 0 Å². The van der Waals surface area contributed by atoms with Gasteiger partial charge in [-0.15, -0.1) is 0 Å². The molecule has 0 N–H and O–H groups in total. The van der Waals surface area contributed by atoms with Crippen LogP contribution in [-0.4, -0.2) is 25.2 Å². The lowest BCUT2D eigenvalue weighted by molar-refractivity contribution is 0.563. The van der Waals surface area contributed by atoms with Gasteiger partial charge in [0.2, 0.25) is 12.2 Å². The zero-order chi connectivity index (χ0) is 9.07. The summed E-state index contributed by atoms with van der Waals surface area (Å²) in [6.07, 6.45) is 9.61. The average Bonchev–Trinajstić information content (AvgIpc) is 2.10. The second kappa shape index (κ2) is 9.24. The zero-order valence-corrected chi connectivity index (χ0v) is 6.43. The summed E-state index contributed by atoms with van der Waals surface area (Å²) in [6, 6.07) is 0. The molecule has 0 saturated carbocycles. The van der Waals surface area contributed by atoms with Crippen LogP contribution >= 0.6 is 0 Å². The van der Waals surface area contributed by atoms with Crippen molar-refractivity contribution in [1.82, 2.24) is 0 Å². The van der Waals surface area contributed by atoms with Crippen LogP contribution in [0.15, 0.2) is 34.3 Å². The molecule has 0 amide bonds. The first kappa shape index (κ1) is 10.2. The lowest BCUT2D eigenvalue weighted by Crippen LogP contribution is -1.70. The Hall–Kier alpha value is -1.76. The molecule has 0 aliphatic rings. The summed E-state index contributed by atoms with van der Waals surface area (Å²) in [4.78, 5) is 25.7.